The number of cyclic esters (lactones) is 1. The molecular weight excluding hydrogens is 240 g/mol. The maximum Gasteiger partial charge on any atom is 0.331 e. The summed E-state index contributed by atoms with van der Waals surface area (Å²) in [5.41, 5.74) is -0.968. The lowest BCUT2D eigenvalue weighted by Crippen LogP contribution is -2.32. The minimum absolute atomic E-state index is 0.0359. The van der Waals surface area contributed by atoms with Crippen LogP contribution < -0.4 is 0 Å². The lowest BCUT2D eigenvalue weighted by atomic mass is 9.94. The zero-order valence-electron chi connectivity index (χ0n) is 10.4. The van der Waals surface area contributed by atoms with Gasteiger partial charge in [-0.3, -0.25) is 9.59 Å². The van der Waals surface area contributed by atoms with Gasteiger partial charge in [0.15, 0.2) is 0 Å². The molecule has 0 aromatic rings. The topological polar surface area (TPSA) is 78.9 Å². The van der Waals surface area contributed by atoms with Gasteiger partial charge in [0, 0.05) is 13.0 Å². The van der Waals surface area contributed by atoms with Gasteiger partial charge in [-0.2, -0.15) is 0 Å². The van der Waals surface area contributed by atoms with Crippen molar-refractivity contribution in [1.29, 1.82) is 0 Å². The molecule has 1 atom stereocenters. The van der Waals surface area contributed by atoms with E-state index in [1.165, 1.54) is 20.1 Å². The first-order valence-electron chi connectivity index (χ1n) is 5.60. The van der Waals surface area contributed by atoms with E-state index in [1.807, 2.05) is 0 Å². The average molecular weight is 256 g/mol. The quantitative estimate of drug-likeness (QED) is 0.396. The van der Waals surface area contributed by atoms with Gasteiger partial charge in [0.1, 0.15) is 5.60 Å². The smallest absolute Gasteiger partial charge is 0.331 e. The second-order valence-electron chi connectivity index (χ2n) is 4.02. The number of methoxy groups -OCH3 is 1. The van der Waals surface area contributed by atoms with Crippen molar-refractivity contribution in [3.05, 3.63) is 12.2 Å². The summed E-state index contributed by atoms with van der Waals surface area (Å²) in [4.78, 5) is 33.0. The highest BCUT2D eigenvalue weighted by Crippen LogP contribution is 2.29. The maximum atomic E-state index is 11.3. The largest absolute Gasteiger partial charge is 0.469 e. The van der Waals surface area contributed by atoms with Crippen molar-refractivity contribution >= 4 is 17.9 Å². The monoisotopic (exact) mass is 256 g/mol. The summed E-state index contributed by atoms with van der Waals surface area (Å²) in [5.74, 6) is -1.30. The summed E-state index contributed by atoms with van der Waals surface area (Å²) >= 11 is 0. The first kappa shape index (κ1) is 14.2. The SMILES string of the molecule is COC(=O)CC1(CCCOC(C)=O)C=CC(=O)O1. The van der Waals surface area contributed by atoms with Crippen LogP contribution in [-0.2, 0) is 28.6 Å². The van der Waals surface area contributed by atoms with E-state index in [4.69, 9.17) is 9.47 Å². The number of carbonyl (C=O) groups is 3. The Morgan fingerprint density at radius 3 is 2.67 bits per heavy atom. The summed E-state index contributed by atoms with van der Waals surface area (Å²) in [6.07, 6.45) is 3.70. The molecule has 1 aliphatic heterocycles. The fourth-order valence-electron chi connectivity index (χ4n) is 1.71. The van der Waals surface area contributed by atoms with E-state index in [1.54, 1.807) is 6.08 Å². The van der Waals surface area contributed by atoms with Crippen LogP contribution in [0.2, 0.25) is 0 Å². The zero-order valence-corrected chi connectivity index (χ0v) is 10.4. The second kappa shape index (κ2) is 6.18. The molecule has 0 saturated carbocycles. The van der Waals surface area contributed by atoms with Gasteiger partial charge in [-0.1, -0.05) is 0 Å². The maximum absolute atomic E-state index is 11.3. The van der Waals surface area contributed by atoms with Gasteiger partial charge >= 0.3 is 17.9 Å². The first-order valence-corrected chi connectivity index (χ1v) is 5.60. The number of rotatable bonds is 6. The van der Waals surface area contributed by atoms with Gasteiger partial charge in [0.2, 0.25) is 0 Å². The number of esters is 3. The molecule has 1 aliphatic rings. The molecule has 1 unspecified atom stereocenters. The minimum Gasteiger partial charge on any atom is -0.469 e. The van der Waals surface area contributed by atoms with Crippen molar-refractivity contribution in [2.45, 2.75) is 31.8 Å². The predicted octanol–water partition coefficient (Wildman–Crippen LogP) is 0.745. The molecule has 0 aromatic heterocycles. The summed E-state index contributed by atoms with van der Waals surface area (Å²) in [5, 5.41) is 0. The summed E-state index contributed by atoms with van der Waals surface area (Å²) in [7, 11) is 1.27. The van der Waals surface area contributed by atoms with Crippen LogP contribution in [-0.4, -0.2) is 37.2 Å². The van der Waals surface area contributed by atoms with Crippen LogP contribution in [0.5, 0.6) is 0 Å². The van der Waals surface area contributed by atoms with E-state index in [2.05, 4.69) is 4.74 Å². The highest BCUT2D eigenvalue weighted by atomic mass is 16.6. The van der Waals surface area contributed by atoms with E-state index in [0.717, 1.165) is 0 Å². The van der Waals surface area contributed by atoms with E-state index in [0.29, 0.717) is 12.8 Å². The van der Waals surface area contributed by atoms with Crippen LogP contribution in [0.15, 0.2) is 12.2 Å². The van der Waals surface area contributed by atoms with Crippen molar-refractivity contribution < 1.29 is 28.6 Å². The molecule has 0 saturated heterocycles. The van der Waals surface area contributed by atoms with E-state index in [9.17, 15) is 14.4 Å². The lowest BCUT2D eigenvalue weighted by molar-refractivity contribution is -0.155. The summed E-state index contributed by atoms with van der Waals surface area (Å²) in [6, 6.07) is 0. The van der Waals surface area contributed by atoms with Crippen LogP contribution in [0.4, 0.5) is 0 Å². The molecule has 0 bridgehead atoms. The molecule has 0 radical (unpaired) electrons. The molecule has 1 rings (SSSR count). The normalized spacial score (nSPS) is 21.6. The Kier molecular flexibility index (Phi) is 4.88. The van der Waals surface area contributed by atoms with Crippen molar-refractivity contribution in [1.82, 2.24) is 0 Å². The van der Waals surface area contributed by atoms with Crippen LogP contribution >= 0.6 is 0 Å². The average Bonchev–Trinajstić information content (AvgIpc) is 2.66. The van der Waals surface area contributed by atoms with Crippen molar-refractivity contribution in [3.63, 3.8) is 0 Å². The van der Waals surface area contributed by atoms with Crippen LogP contribution in [0.25, 0.3) is 0 Å². The molecule has 6 heteroatoms. The second-order valence-corrected chi connectivity index (χ2v) is 4.02. The molecular formula is C12H16O6. The number of hydrogen-bond acceptors (Lipinski definition) is 6. The van der Waals surface area contributed by atoms with Crippen molar-refractivity contribution in [2.75, 3.05) is 13.7 Å². The molecule has 6 nitrogen and oxygen atoms in total. The molecule has 0 aromatic carbocycles. The Bertz CT molecular complexity index is 373. The predicted molar refractivity (Wildman–Crippen MR) is 60.5 cm³/mol. The van der Waals surface area contributed by atoms with Crippen molar-refractivity contribution in [3.8, 4) is 0 Å². The number of ether oxygens (including phenoxy) is 3. The van der Waals surface area contributed by atoms with Crippen LogP contribution in [0.3, 0.4) is 0 Å². The van der Waals surface area contributed by atoms with Gasteiger partial charge in [-0.15, -0.1) is 0 Å². The molecule has 0 amide bonds. The van der Waals surface area contributed by atoms with Gasteiger partial charge in [-0.05, 0) is 18.9 Å². The van der Waals surface area contributed by atoms with E-state index in [-0.39, 0.29) is 19.0 Å². The molecule has 1 heterocycles. The Labute approximate surface area is 105 Å². The summed E-state index contributed by atoms with van der Waals surface area (Å²) in [6.45, 7) is 1.55. The molecule has 0 fully saturated rings. The fraction of sp³-hybridized carbons (Fsp3) is 0.583. The number of hydrogen-bond donors (Lipinski definition) is 0. The Morgan fingerprint density at radius 2 is 2.17 bits per heavy atom. The Balaban J connectivity index is 2.51. The molecule has 0 N–H and O–H groups in total. The van der Waals surface area contributed by atoms with E-state index < -0.39 is 17.5 Å². The lowest BCUT2D eigenvalue weighted by Gasteiger charge is -2.25. The summed E-state index contributed by atoms with van der Waals surface area (Å²) < 4.78 is 14.5. The van der Waals surface area contributed by atoms with Crippen LogP contribution in [0.1, 0.15) is 26.2 Å². The van der Waals surface area contributed by atoms with Gasteiger partial charge < -0.3 is 14.2 Å². The molecule has 100 valence electrons. The van der Waals surface area contributed by atoms with Gasteiger partial charge in [0.05, 0.1) is 20.1 Å². The van der Waals surface area contributed by atoms with Gasteiger partial charge in [0.25, 0.3) is 0 Å². The standard InChI is InChI=1S/C12H16O6/c1-9(13)17-7-3-5-12(8-11(15)16-2)6-4-10(14)18-12/h4,6H,3,5,7-8H2,1-2H3. The molecule has 0 aliphatic carbocycles. The molecule has 18 heavy (non-hydrogen) atoms. The number of carbonyl (C=O) groups excluding carboxylic acids is 3. The first-order chi connectivity index (χ1) is 8.47. The Morgan fingerprint density at radius 1 is 1.44 bits per heavy atom. The van der Waals surface area contributed by atoms with E-state index >= 15 is 0 Å². The molecule has 0 spiro atoms. The third-order valence-electron chi connectivity index (χ3n) is 2.55. The fourth-order valence-corrected chi connectivity index (χ4v) is 1.71. The van der Waals surface area contributed by atoms with Gasteiger partial charge in [-0.25, -0.2) is 4.79 Å². The van der Waals surface area contributed by atoms with Crippen molar-refractivity contribution in [2.24, 2.45) is 0 Å². The minimum atomic E-state index is -0.968. The third kappa shape index (κ3) is 4.20. The zero-order chi connectivity index (χ0) is 13.6. The Hall–Kier alpha value is -1.85. The highest BCUT2D eigenvalue weighted by molar-refractivity contribution is 5.86. The highest BCUT2D eigenvalue weighted by Gasteiger charge is 2.38. The van der Waals surface area contributed by atoms with Crippen LogP contribution in [0, 0.1) is 0 Å². The third-order valence-corrected chi connectivity index (χ3v) is 2.55.